The number of amides is 1. The zero-order valence-electron chi connectivity index (χ0n) is 10.9. The van der Waals surface area contributed by atoms with E-state index in [-0.39, 0.29) is 11.9 Å². The van der Waals surface area contributed by atoms with Crippen LogP contribution in [0.25, 0.3) is 0 Å². The Balaban J connectivity index is 1.73. The molecule has 0 aliphatic carbocycles. The number of hydrogen-bond acceptors (Lipinski definition) is 3. The molecule has 0 radical (unpaired) electrons. The molecule has 1 amide bonds. The molecule has 1 aromatic carbocycles. The fourth-order valence-corrected chi connectivity index (χ4v) is 2.62. The quantitative estimate of drug-likeness (QED) is 0.839. The molecule has 1 aromatic heterocycles. The van der Waals surface area contributed by atoms with E-state index in [4.69, 9.17) is 0 Å². The third-order valence-electron chi connectivity index (χ3n) is 3.50. The van der Waals surface area contributed by atoms with Gasteiger partial charge >= 0.3 is 0 Å². The largest absolute Gasteiger partial charge is 0.309 e. The van der Waals surface area contributed by atoms with E-state index < -0.39 is 0 Å². The van der Waals surface area contributed by atoms with Crippen molar-refractivity contribution in [1.82, 2.24) is 14.8 Å². The van der Waals surface area contributed by atoms with E-state index in [1.807, 2.05) is 23.1 Å². The highest BCUT2D eigenvalue weighted by Gasteiger charge is 2.29. The third-order valence-corrected chi connectivity index (χ3v) is 3.50. The van der Waals surface area contributed by atoms with Crippen molar-refractivity contribution in [3.8, 4) is 0 Å². The molecule has 5 nitrogen and oxygen atoms in total. The highest BCUT2D eigenvalue weighted by molar-refractivity contribution is 5.96. The molecule has 0 fully saturated rings. The van der Waals surface area contributed by atoms with Gasteiger partial charge < -0.3 is 4.90 Å². The lowest BCUT2D eigenvalue weighted by Gasteiger charge is -2.22. The van der Waals surface area contributed by atoms with Crippen LogP contribution in [0.1, 0.15) is 18.9 Å². The Labute approximate surface area is 111 Å². The van der Waals surface area contributed by atoms with Crippen molar-refractivity contribution in [3.63, 3.8) is 0 Å². The first-order chi connectivity index (χ1) is 9.25. The lowest BCUT2D eigenvalue weighted by atomic mass is 10.1. The average molecular weight is 256 g/mol. The predicted molar refractivity (Wildman–Crippen MR) is 71.7 cm³/mol. The van der Waals surface area contributed by atoms with Crippen LogP contribution in [0.2, 0.25) is 0 Å². The average Bonchev–Trinajstić information content (AvgIpc) is 3.02. The van der Waals surface area contributed by atoms with Crippen LogP contribution in [-0.2, 0) is 17.8 Å². The number of carbonyl (C=O) groups is 1. The Hall–Kier alpha value is -2.17. The summed E-state index contributed by atoms with van der Waals surface area (Å²) in [7, 11) is 0. The number of hydrogen-bond donors (Lipinski definition) is 0. The molecule has 2 heterocycles. The van der Waals surface area contributed by atoms with Crippen molar-refractivity contribution in [2.45, 2.75) is 32.4 Å². The molecule has 0 spiro atoms. The van der Waals surface area contributed by atoms with Gasteiger partial charge in [0.25, 0.3) is 0 Å². The number of anilines is 1. The molecule has 0 bridgehead atoms. The number of rotatable bonds is 3. The molecule has 0 saturated carbocycles. The molecular formula is C14H16N4O. The van der Waals surface area contributed by atoms with Gasteiger partial charge in [-0.3, -0.25) is 9.48 Å². The van der Waals surface area contributed by atoms with Gasteiger partial charge in [-0.25, -0.2) is 4.98 Å². The Bertz CT molecular complexity index is 579. The highest BCUT2D eigenvalue weighted by Crippen LogP contribution is 2.32. The van der Waals surface area contributed by atoms with Crippen LogP contribution in [0.5, 0.6) is 0 Å². The lowest BCUT2D eigenvalue weighted by molar-refractivity contribution is -0.119. The molecule has 1 atom stereocenters. The Morgan fingerprint density at radius 2 is 2.26 bits per heavy atom. The van der Waals surface area contributed by atoms with Crippen molar-refractivity contribution in [3.05, 3.63) is 42.5 Å². The molecule has 1 aliphatic heterocycles. The summed E-state index contributed by atoms with van der Waals surface area (Å²) in [4.78, 5) is 18.2. The van der Waals surface area contributed by atoms with Crippen LogP contribution in [0.4, 0.5) is 5.69 Å². The maximum Gasteiger partial charge on any atom is 0.229 e. The van der Waals surface area contributed by atoms with E-state index in [0.29, 0.717) is 13.0 Å². The number of carbonyl (C=O) groups excluding carboxylic acids is 1. The molecule has 2 aromatic rings. The van der Waals surface area contributed by atoms with Crippen LogP contribution in [0.3, 0.4) is 0 Å². The van der Waals surface area contributed by atoms with Crippen LogP contribution in [0, 0.1) is 0 Å². The van der Waals surface area contributed by atoms with Crippen LogP contribution < -0.4 is 4.90 Å². The molecule has 3 rings (SSSR count). The summed E-state index contributed by atoms with van der Waals surface area (Å²) < 4.78 is 1.69. The highest BCUT2D eigenvalue weighted by atomic mass is 16.2. The predicted octanol–water partition coefficient (Wildman–Crippen LogP) is 1.65. The molecule has 0 saturated heterocycles. The van der Waals surface area contributed by atoms with Gasteiger partial charge in [-0.2, -0.15) is 5.10 Å². The van der Waals surface area contributed by atoms with Crippen molar-refractivity contribution >= 4 is 11.6 Å². The van der Waals surface area contributed by atoms with Crippen molar-refractivity contribution in [2.75, 3.05) is 4.90 Å². The first-order valence-electron chi connectivity index (χ1n) is 6.48. The summed E-state index contributed by atoms with van der Waals surface area (Å²) in [6.45, 7) is 2.66. The minimum Gasteiger partial charge on any atom is -0.309 e. The van der Waals surface area contributed by atoms with E-state index in [9.17, 15) is 4.79 Å². The first kappa shape index (κ1) is 11.9. The van der Waals surface area contributed by atoms with Crippen LogP contribution in [-0.4, -0.2) is 26.7 Å². The SMILES string of the molecule is CC1Cc2ccccc2N1C(=O)CCn1cncn1. The number of aryl methyl sites for hydroxylation is 1. The van der Waals surface area contributed by atoms with Gasteiger partial charge in [0.05, 0.1) is 6.54 Å². The maximum atomic E-state index is 12.4. The van der Waals surface area contributed by atoms with Gasteiger partial charge in [0.15, 0.2) is 0 Å². The molecule has 1 aliphatic rings. The topological polar surface area (TPSA) is 51.0 Å². The van der Waals surface area contributed by atoms with Gasteiger partial charge in [0.1, 0.15) is 12.7 Å². The Morgan fingerprint density at radius 3 is 3.05 bits per heavy atom. The minimum atomic E-state index is 0.146. The second-order valence-corrected chi connectivity index (χ2v) is 4.85. The van der Waals surface area contributed by atoms with E-state index in [1.165, 1.54) is 11.9 Å². The van der Waals surface area contributed by atoms with E-state index in [0.717, 1.165) is 12.1 Å². The van der Waals surface area contributed by atoms with Crippen LogP contribution in [0.15, 0.2) is 36.9 Å². The second-order valence-electron chi connectivity index (χ2n) is 4.85. The molecule has 98 valence electrons. The summed E-state index contributed by atoms with van der Waals surface area (Å²) in [6, 6.07) is 8.35. The lowest BCUT2D eigenvalue weighted by Crippen LogP contribution is -2.36. The van der Waals surface area contributed by atoms with Gasteiger partial charge in [0, 0.05) is 18.2 Å². The Morgan fingerprint density at radius 1 is 1.42 bits per heavy atom. The van der Waals surface area contributed by atoms with Gasteiger partial charge in [-0.05, 0) is 25.0 Å². The molecule has 0 N–H and O–H groups in total. The third kappa shape index (κ3) is 2.23. The van der Waals surface area contributed by atoms with Gasteiger partial charge in [-0.15, -0.1) is 0 Å². The minimum absolute atomic E-state index is 0.146. The zero-order valence-corrected chi connectivity index (χ0v) is 10.9. The monoisotopic (exact) mass is 256 g/mol. The number of benzene rings is 1. The van der Waals surface area contributed by atoms with E-state index in [2.05, 4.69) is 23.1 Å². The van der Waals surface area contributed by atoms with Gasteiger partial charge in [0.2, 0.25) is 5.91 Å². The normalized spacial score (nSPS) is 17.5. The summed E-state index contributed by atoms with van der Waals surface area (Å²) in [5, 5.41) is 4.01. The maximum absolute atomic E-state index is 12.4. The second kappa shape index (κ2) is 4.84. The van der Waals surface area contributed by atoms with E-state index in [1.54, 1.807) is 11.0 Å². The van der Waals surface area contributed by atoms with Crippen molar-refractivity contribution < 1.29 is 4.79 Å². The molecule has 5 heteroatoms. The molecule has 19 heavy (non-hydrogen) atoms. The van der Waals surface area contributed by atoms with E-state index >= 15 is 0 Å². The Kier molecular flexibility index (Phi) is 3.03. The summed E-state index contributed by atoms with van der Waals surface area (Å²) in [6.07, 6.45) is 4.50. The fraction of sp³-hybridized carbons (Fsp3) is 0.357. The van der Waals surface area contributed by atoms with Crippen molar-refractivity contribution in [1.29, 1.82) is 0 Å². The number of aromatic nitrogens is 3. The number of fused-ring (bicyclic) bond motifs is 1. The van der Waals surface area contributed by atoms with Crippen molar-refractivity contribution in [2.24, 2.45) is 0 Å². The summed E-state index contributed by atoms with van der Waals surface area (Å²) in [5.41, 5.74) is 2.31. The van der Waals surface area contributed by atoms with Gasteiger partial charge in [-0.1, -0.05) is 18.2 Å². The number of nitrogens with zero attached hydrogens (tertiary/aromatic N) is 4. The van der Waals surface area contributed by atoms with Crippen LogP contribution >= 0.6 is 0 Å². The number of para-hydroxylation sites is 1. The smallest absolute Gasteiger partial charge is 0.229 e. The summed E-state index contributed by atoms with van der Waals surface area (Å²) in [5.74, 6) is 0.146. The first-order valence-corrected chi connectivity index (χ1v) is 6.48. The molecule has 1 unspecified atom stereocenters. The fourth-order valence-electron chi connectivity index (χ4n) is 2.62. The standard InChI is InChI=1S/C14H16N4O/c1-11-8-12-4-2-3-5-13(12)18(11)14(19)6-7-17-10-15-9-16-17/h2-5,9-11H,6-8H2,1H3. The zero-order chi connectivity index (χ0) is 13.2. The summed E-state index contributed by atoms with van der Waals surface area (Å²) >= 11 is 0. The molecular weight excluding hydrogens is 240 g/mol.